The van der Waals surface area contributed by atoms with E-state index in [0.29, 0.717) is 16.2 Å². The molecule has 0 unspecified atom stereocenters. The molecule has 1 amide bonds. The third-order valence-corrected chi connectivity index (χ3v) is 6.58. The van der Waals surface area contributed by atoms with Gasteiger partial charge in [0.2, 0.25) is 5.91 Å². The number of anilines is 1. The average Bonchev–Trinajstić information content (AvgIpc) is 3.35. The van der Waals surface area contributed by atoms with Crippen LogP contribution in [0.1, 0.15) is 22.7 Å². The highest BCUT2D eigenvalue weighted by molar-refractivity contribution is 7.16. The van der Waals surface area contributed by atoms with E-state index in [9.17, 15) is 9.59 Å². The van der Waals surface area contributed by atoms with E-state index in [2.05, 4.69) is 10.1 Å². The van der Waals surface area contributed by atoms with Gasteiger partial charge in [-0.15, -0.1) is 11.3 Å². The van der Waals surface area contributed by atoms with Gasteiger partial charge in [-0.05, 0) is 25.0 Å². The van der Waals surface area contributed by atoms with Crippen molar-refractivity contribution in [3.8, 4) is 11.3 Å². The van der Waals surface area contributed by atoms with Gasteiger partial charge in [0.1, 0.15) is 11.2 Å². The van der Waals surface area contributed by atoms with Gasteiger partial charge in [-0.2, -0.15) is 5.10 Å². The first-order valence-corrected chi connectivity index (χ1v) is 10.5. The molecule has 1 aliphatic rings. The highest BCUT2D eigenvalue weighted by Crippen LogP contribution is 2.38. The van der Waals surface area contributed by atoms with Gasteiger partial charge in [-0.25, -0.2) is 14.8 Å². The number of aryl methyl sites for hydroxylation is 3. The lowest BCUT2D eigenvalue weighted by Gasteiger charge is -2.13. The van der Waals surface area contributed by atoms with Gasteiger partial charge in [0.05, 0.1) is 11.9 Å². The molecule has 3 aromatic heterocycles. The fourth-order valence-corrected chi connectivity index (χ4v) is 4.75. The normalized spacial score (nSPS) is 12.6. The van der Waals surface area contributed by atoms with E-state index in [-0.39, 0.29) is 24.4 Å². The number of amides is 1. The molecule has 1 aromatic carbocycles. The van der Waals surface area contributed by atoms with E-state index in [4.69, 9.17) is 9.40 Å². The lowest BCUT2D eigenvalue weighted by molar-refractivity contribution is -0.118. The standard InChI is InChI=1S/C21H19N5O3S/c1-25(21-24-19-12-11-22-26(2)15(12)8-9-17(19)30-21)18(27)10-7-14-20(28)29-16-6-4-3-5-13(16)23-14/h3-6,11H,7-10H2,1-2H3. The highest BCUT2D eigenvalue weighted by Gasteiger charge is 2.26. The number of fused-ring (bicyclic) bond motifs is 4. The highest BCUT2D eigenvalue weighted by atomic mass is 32.1. The number of rotatable bonds is 4. The largest absolute Gasteiger partial charge is 0.420 e. The number of carbonyl (C=O) groups excluding carboxylic acids is 1. The average molecular weight is 421 g/mol. The zero-order valence-corrected chi connectivity index (χ0v) is 17.4. The maximum absolute atomic E-state index is 12.8. The Bertz CT molecular complexity index is 1340. The van der Waals surface area contributed by atoms with Crippen molar-refractivity contribution in [2.75, 3.05) is 11.9 Å². The van der Waals surface area contributed by atoms with Crippen LogP contribution in [0.25, 0.3) is 22.4 Å². The number of hydrogen-bond donors (Lipinski definition) is 0. The van der Waals surface area contributed by atoms with Crippen molar-refractivity contribution in [1.29, 1.82) is 0 Å². The predicted octanol–water partition coefficient (Wildman–Crippen LogP) is 2.74. The number of hydrogen-bond acceptors (Lipinski definition) is 7. The lowest BCUT2D eigenvalue weighted by Crippen LogP contribution is -2.27. The Kier molecular flexibility index (Phi) is 4.47. The van der Waals surface area contributed by atoms with Crippen molar-refractivity contribution >= 4 is 33.5 Å². The number of aromatic nitrogens is 4. The maximum Gasteiger partial charge on any atom is 0.358 e. The Hall–Kier alpha value is -3.33. The first-order chi connectivity index (χ1) is 14.5. The Labute approximate surface area is 175 Å². The van der Waals surface area contributed by atoms with Crippen LogP contribution in [0.3, 0.4) is 0 Å². The molecule has 8 nitrogen and oxygen atoms in total. The summed E-state index contributed by atoms with van der Waals surface area (Å²) < 4.78 is 7.18. The van der Waals surface area contributed by atoms with Crippen LogP contribution in [0, 0.1) is 0 Å². The van der Waals surface area contributed by atoms with Crippen molar-refractivity contribution in [1.82, 2.24) is 19.7 Å². The van der Waals surface area contributed by atoms with E-state index < -0.39 is 5.63 Å². The minimum absolute atomic E-state index is 0.123. The summed E-state index contributed by atoms with van der Waals surface area (Å²) in [5, 5.41) is 4.99. The molecule has 3 heterocycles. The fraction of sp³-hybridized carbons (Fsp3) is 0.286. The van der Waals surface area contributed by atoms with Crippen LogP contribution in [-0.4, -0.2) is 32.7 Å². The molecule has 1 aliphatic carbocycles. The molecular formula is C21H19N5O3S. The SMILES string of the molecule is CN(C(=O)CCc1nc2ccccc2oc1=O)c1nc2c(s1)CCc1c-2cnn1C. The van der Waals surface area contributed by atoms with Gasteiger partial charge < -0.3 is 4.42 Å². The summed E-state index contributed by atoms with van der Waals surface area (Å²) in [5.74, 6) is -0.123. The van der Waals surface area contributed by atoms with Gasteiger partial charge in [0.15, 0.2) is 10.7 Å². The summed E-state index contributed by atoms with van der Waals surface area (Å²) in [6, 6.07) is 7.09. The van der Waals surface area contributed by atoms with Crippen LogP contribution in [0.15, 0.2) is 39.7 Å². The van der Waals surface area contributed by atoms with E-state index >= 15 is 0 Å². The summed E-state index contributed by atoms with van der Waals surface area (Å²) in [4.78, 5) is 36.7. The number of benzene rings is 1. The predicted molar refractivity (Wildman–Crippen MR) is 114 cm³/mol. The van der Waals surface area contributed by atoms with Gasteiger partial charge in [-0.1, -0.05) is 12.1 Å². The van der Waals surface area contributed by atoms with Crippen molar-refractivity contribution in [2.45, 2.75) is 25.7 Å². The molecule has 0 fully saturated rings. The molecule has 0 spiro atoms. The molecule has 9 heteroatoms. The van der Waals surface area contributed by atoms with Crippen LogP contribution in [0.2, 0.25) is 0 Å². The minimum Gasteiger partial charge on any atom is -0.420 e. The Balaban J connectivity index is 1.34. The van der Waals surface area contributed by atoms with Gasteiger partial charge >= 0.3 is 5.63 Å². The van der Waals surface area contributed by atoms with Crippen molar-refractivity contribution in [3.63, 3.8) is 0 Å². The molecule has 0 saturated heterocycles. The van der Waals surface area contributed by atoms with Crippen LogP contribution < -0.4 is 10.5 Å². The lowest BCUT2D eigenvalue weighted by atomic mass is 10.0. The zero-order chi connectivity index (χ0) is 20.8. The molecule has 0 saturated carbocycles. The van der Waals surface area contributed by atoms with Crippen molar-refractivity contribution in [3.05, 3.63) is 57.1 Å². The number of nitrogens with zero attached hydrogens (tertiary/aromatic N) is 5. The molecule has 152 valence electrons. The van der Waals surface area contributed by atoms with Crippen LogP contribution in [0.4, 0.5) is 5.13 Å². The third-order valence-electron chi connectivity index (χ3n) is 5.39. The van der Waals surface area contributed by atoms with Crippen LogP contribution >= 0.6 is 11.3 Å². The first kappa shape index (κ1) is 18.7. The molecule has 0 bridgehead atoms. The first-order valence-electron chi connectivity index (χ1n) is 9.67. The number of para-hydroxylation sites is 2. The fourth-order valence-electron chi connectivity index (χ4n) is 3.70. The Morgan fingerprint density at radius 1 is 1.27 bits per heavy atom. The monoisotopic (exact) mass is 421 g/mol. The zero-order valence-electron chi connectivity index (χ0n) is 16.6. The quantitative estimate of drug-likeness (QED) is 0.503. The number of thiazole rings is 1. The summed E-state index contributed by atoms with van der Waals surface area (Å²) in [6.45, 7) is 0. The topological polar surface area (TPSA) is 94.1 Å². The molecule has 0 atom stereocenters. The summed E-state index contributed by atoms with van der Waals surface area (Å²) in [6.07, 6.45) is 4.01. The summed E-state index contributed by atoms with van der Waals surface area (Å²) in [5.41, 5.74) is 3.93. The van der Waals surface area contributed by atoms with Crippen molar-refractivity contribution in [2.24, 2.45) is 7.05 Å². The molecule has 0 N–H and O–H groups in total. The van der Waals surface area contributed by atoms with Crippen molar-refractivity contribution < 1.29 is 9.21 Å². The minimum atomic E-state index is -0.502. The van der Waals surface area contributed by atoms with E-state index in [0.717, 1.165) is 24.1 Å². The van der Waals surface area contributed by atoms with E-state index in [1.165, 1.54) is 21.9 Å². The molecule has 0 radical (unpaired) electrons. The van der Waals surface area contributed by atoms with Gasteiger partial charge in [0, 0.05) is 43.1 Å². The Morgan fingerprint density at radius 2 is 2.10 bits per heavy atom. The number of carbonyl (C=O) groups is 1. The van der Waals surface area contributed by atoms with E-state index in [1.807, 2.05) is 24.0 Å². The molecule has 30 heavy (non-hydrogen) atoms. The summed E-state index contributed by atoms with van der Waals surface area (Å²) >= 11 is 1.53. The Morgan fingerprint density at radius 3 is 2.97 bits per heavy atom. The van der Waals surface area contributed by atoms with Crippen LogP contribution in [0.5, 0.6) is 0 Å². The van der Waals surface area contributed by atoms with E-state index in [1.54, 1.807) is 30.1 Å². The second kappa shape index (κ2) is 7.17. The molecule has 5 rings (SSSR count). The van der Waals surface area contributed by atoms with Gasteiger partial charge in [-0.3, -0.25) is 14.4 Å². The second-order valence-corrected chi connectivity index (χ2v) is 8.33. The second-order valence-electron chi connectivity index (χ2n) is 7.27. The maximum atomic E-state index is 12.8. The molecule has 0 aliphatic heterocycles. The molecular weight excluding hydrogens is 402 g/mol. The third kappa shape index (κ3) is 3.11. The summed E-state index contributed by atoms with van der Waals surface area (Å²) in [7, 11) is 3.65. The smallest absolute Gasteiger partial charge is 0.358 e. The van der Waals surface area contributed by atoms with Crippen LogP contribution in [-0.2, 0) is 31.1 Å². The van der Waals surface area contributed by atoms with Gasteiger partial charge in [0.25, 0.3) is 0 Å². The molecule has 4 aromatic rings.